The molecule has 0 aliphatic heterocycles. The lowest BCUT2D eigenvalue weighted by molar-refractivity contribution is 1.27. The molecule has 0 atom stereocenters. The molecule has 2 aromatic heterocycles. The van der Waals surface area contributed by atoms with Crippen molar-refractivity contribution in [1.82, 2.24) is 9.97 Å². The van der Waals surface area contributed by atoms with Crippen LogP contribution in [0.3, 0.4) is 0 Å². The predicted molar refractivity (Wildman–Crippen MR) is 88.9 cm³/mol. The number of aromatic nitrogens is 2. The summed E-state index contributed by atoms with van der Waals surface area (Å²) in [5, 5.41) is 3.05. The summed E-state index contributed by atoms with van der Waals surface area (Å²) in [7, 11) is 0. The van der Waals surface area contributed by atoms with E-state index in [1.807, 2.05) is 23.7 Å². The van der Waals surface area contributed by atoms with Crippen LogP contribution in [0, 0.1) is 0 Å². The largest absolute Gasteiger partial charge is 0.384 e. The van der Waals surface area contributed by atoms with Crippen molar-refractivity contribution in [3.63, 3.8) is 0 Å². The molecule has 0 aliphatic carbocycles. The average Bonchev–Trinajstić information content (AvgIpc) is 3.04. The van der Waals surface area contributed by atoms with Gasteiger partial charge in [0, 0.05) is 23.3 Å². The third-order valence-electron chi connectivity index (χ3n) is 3.11. The lowest BCUT2D eigenvalue weighted by Crippen LogP contribution is -1.88. The number of rotatable bonds is 4. The molecule has 0 spiro atoms. The van der Waals surface area contributed by atoms with Gasteiger partial charge in [0.1, 0.15) is 10.8 Å². The highest BCUT2D eigenvalue weighted by Gasteiger charge is 1.99. The second-order valence-corrected chi connectivity index (χ2v) is 5.55. The summed E-state index contributed by atoms with van der Waals surface area (Å²) in [4.78, 5) is 8.38. The molecule has 2 N–H and O–H groups in total. The van der Waals surface area contributed by atoms with Gasteiger partial charge in [0.25, 0.3) is 0 Å². The van der Waals surface area contributed by atoms with E-state index in [9.17, 15) is 0 Å². The first-order valence-electron chi connectivity index (χ1n) is 6.68. The molecule has 0 aliphatic rings. The number of nitrogen functional groups attached to an aromatic ring is 1. The van der Waals surface area contributed by atoms with Crippen LogP contribution in [0.25, 0.3) is 16.6 Å². The van der Waals surface area contributed by atoms with Gasteiger partial charge < -0.3 is 5.73 Å². The molecule has 3 nitrogen and oxygen atoms in total. The van der Waals surface area contributed by atoms with Crippen LogP contribution in [-0.4, -0.2) is 9.97 Å². The first kappa shape index (κ1) is 13.5. The van der Waals surface area contributed by atoms with E-state index in [1.165, 1.54) is 11.1 Å². The Balaban J connectivity index is 1.64. The Morgan fingerprint density at radius 1 is 1.05 bits per heavy atom. The lowest BCUT2D eigenvalue weighted by atomic mass is 10.1. The van der Waals surface area contributed by atoms with Gasteiger partial charge in [0.05, 0.1) is 0 Å². The molecule has 3 aromatic rings. The maximum Gasteiger partial charge on any atom is 0.123 e. The second-order valence-electron chi connectivity index (χ2n) is 4.66. The monoisotopic (exact) mass is 293 g/mol. The van der Waals surface area contributed by atoms with Gasteiger partial charge in [-0.05, 0) is 29.7 Å². The smallest absolute Gasteiger partial charge is 0.123 e. The Bertz CT molecular complexity index is 714. The van der Waals surface area contributed by atoms with Crippen LogP contribution >= 0.6 is 11.3 Å². The molecule has 2 heterocycles. The van der Waals surface area contributed by atoms with Gasteiger partial charge in [-0.25, -0.2) is 9.97 Å². The highest BCUT2D eigenvalue weighted by atomic mass is 32.1. The molecule has 1 aromatic carbocycles. The van der Waals surface area contributed by atoms with Crippen LogP contribution in [0.15, 0.2) is 60.2 Å². The van der Waals surface area contributed by atoms with E-state index in [2.05, 4.69) is 46.4 Å². The fraction of sp³-hybridized carbons (Fsp3) is 0.0588. The Labute approximate surface area is 127 Å². The van der Waals surface area contributed by atoms with Crippen LogP contribution in [0.4, 0.5) is 5.82 Å². The Morgan fingerprint density at radius 3 is 2.57 bits per heavy atom. The van der Waals surface area contributed by atoms with Crippen molar-refractivity contribution in [2.75, 3.05) is 5.73 Å². The van der Waals surface area contributed by atoms with Gasteiger partial charge in [-0.15, -0.1) is 11.3 Å². The normalized spacial score (nSPS) is 11.0. The highest BCUT2D eigenvalue weighted by molar-refractivity contribution is 7.13. The zero-order chi connectivity index (χ0) is 14.5. The van der Waals surface area contributed by atoms with Crippen LogP contribution < -0.4 is 5.73 Å². The Kier molecular flexibility index (Phi) is 4.07. The van der Waals surface area contributed by atoms with Crippen molar-refractivity contribution in [1.29, 1.82) is 0 Å². The van der Waals surface area contributed by atoms with Crippen molar-refractivity contribution in [2.45, 2.75) is 6.42 Å². The Morgan fingerprint density at radius 2 is 1.90 bits per heavy atom. The van der Waals surface area contributed by atoms with Gasteiger partial charge in [-0.3, -0.25) is 0 Å². The summed E-state index contributed by atoms with van der Waals surface area (Å²) in [6, 6.07) is 12.3. The van der Waals surface area contributed by atoms with E-state index >= 15 is 0 Å². The maximum absolute atomic E-state index is 5.56. The Hall–Kier alpha value is -2.46. The van der Waals surface area contributed by atoms with Crippen molar-refractivity contribution < 1.29 is 0 Å². The standard InChI is InChI=1S/C17H15N3S/c18-16-9-6-14(12-20-16)3-1-2-13-4-7-15(8-5-13)17-19-10-11-21-17/h1,3-12H,2H2,(H2,18,20)/b3-1-. The topological polar surface area (TPSA) is 51.8 Å². The minimum absolute atomic E-state index is 0.546. The molecular formula is C17H15N3S. The number of hydrogen-bond donors (Lipinski definition) is 1. The summed E-state index contributed by atoms with van der Waals surface area (Å²) in [5.74, 6) is 0.546. The van der Waals surface area contributed by atoms with Crippen LogP contribution in [0.1, 0.15) is 11.1 Å². The number of allylic oxidation sites excluding steroid dienone is 1. The van der Waals surface area contributed by atoms with Crippen molar-refractivity contribution in [3.8, 4) is 10.6 Å². The molecule has 0 unspecified atom stereocenters. The van der Waals surface area contributed by atoms with Gasteiger partial charge >= 0.3 is 0 Å². The third-order valence-corrected chi connectivity index (χ3v) is 3.93. The average molecular weight is 293 g/mol. The highest BCUT2D eigenvalue weighted by Crippen LogP contribution is 2.22. The third kappa shape index (κ3) is 3.55. The van der Waals surface area contributed by atoms with Gasteiger partial charge in [0.2, 0.25) is 0 Å². The first-order valence-corrected chi connectivity index (χ1v) is 7.56. The van der Waals surface area contributed by atoms with E-state index in [0.29, 0.717) is 5.82 Å². The van der Waals surface area contributed by atoms with E-state index in [4.69, 9.17) is 5.73 Å². The van der Waals surface area contributed by atoms with Crippen LogP contribution in [0.2, 0.25) is 0 Å². The maximum atomic E-state index is 5.56. The minimum atomic E-state index is 0.546. The number of benzene rings is 1. The summed E-state index contributed by atoms with van der Waals surface area (Å²) in [6.07, 6.45) is 8.68. The van der Waals surface area contributed by atoms with E-state index in [1.54, 1.807) is 17.5 Å². The molecule has 0 fully saturated rings. The molecule has 4 heteroatoms. The zero-order valence-corrected chi connectivity index (χ0v) is 12.3. The molecule has 0 saturated heterocycles. The SMILES string of the molecule is Nc1ccc(/C=C\Cc2ccc(-c3nccs3)cc2)cn1. The number of thiazole rings is 1. The van der Waals surface area contributed by atoms with Gasteiger partial charge in [-0.1, -0.05) is 36.4 Å². The molecule has 104 valence electrons. The summed E-state index contributed by atoms with van der Waals surface area (Å²) in [6.45, 7) is 0. The summed E-state index contributed by atoms with van der Waals surface area (Å²) in [5.41, 5.74) is 9.06. The predicted octanol–water partition coefficient (Wildman–Crippen LogP) is 4.04. The van der Waals surface area contributed by atoms with Crippen LogP contribution in [0.5, 0.6) is 0 Å². The molecule has 3 rings (SSSR count). The summed E-state index contributed by atoms with van der Waals surface area (Å²) >= 11 is 1.66. The van der Waals surface area contributed by atoms with Gasteiger partial charge in [0.15, 0.2) is 0 Å². The summed E-state index contributed by atoms with van der Waals surface area (Å²) < 4.78 is 0. The molecule has 0 amide bonds. The number of anilines is 1. The van der Waals surface area contributed by atoms with Gasteiger partial charge in [-0.2, -0.15) is 0 Å². The fourth-order valence-corrected chi connectivity index (χ4v) is 2.64. The number of nitrogens with two attached hydrogens (primary N) is 1. The molecule has 0 radical (unpaired) electrons. The van der Waals surface area contributed by atoms with E-state index in [-0.39, 0.29) is 0 Å². The number of nitrogens with zero attached hydrogens (tertiary/aromatic N) is 2. The number of pyridine rings is 1. The van der Waals surface area contributed by atoms with E-state index < -0.39 is 0 Å². The van der Waals surface area contributed by atoms with Crippen molar-refractivity contribution in [2.24, 2.45) is 0 Å². The second kappa shape index (κ2) is 6.33. The molecular weight excluding hydrogens is 278 g/mol. The molecule has 0 bridgehead atoms. The van der Waals surface area contributed by atoms with Crippen LogP contribution in [-0.2, 0) is 6.42 Å². The molecule has 21 heavy (non-hydrogen) atoms. The fourth-order valence-electron chi connectivity index (χ4n) is 2.00. The van der Waals surface area contributed by atoms with Crippen molar-refractivity contribution >= 4 is 23.2 Å². The van der Waals surface area contributed by atoms with Crippen molar-refractivity contribution in [3.05, 3.63) is 71.4 Å². The zero-order valence-electron chi connectivity index (χ0n) is 11.4. The minimum Gasteiger partial charge on any atom is -0.384 e. The quantitative estimate of drug-likeness (QED) is 0.789. The van der Waals surface area contributed by atoms with E-state index in [0.717, 1.165) is 17.0 Å². The molecule has 0 saturated carbocycles. The first-order chi connectivity index (χ1) is 10.3. The number of hydrogen-bond acceptors (Lipinski definition) is 4. The lowest BCUT2D eigenvalue weighted by Gasteiger charge is -1.99.